The Hall–Kier alpha value is -1.66. The molecule has 1 aliphatic rings. The fourth-order valence-corrected chi connectivity index (χ4v) is 3.05. The van der Waals surface area contributed by atoms with Gasteiger partial charge in [0.05, 0.1) is 12.2 Å². The van der Waals surface area contributed by atoms with Crippen LogP contribution >= 0.6 is 12.2 Å². The van der Waals surface area contributed by atoms with E-state index in [9.17, 15) is 4.79 Å². The molecule has 1 fully saturated rings. The lowest BCUT2D eigenvalue weighted by atomic mass is 10.00. The molecule has 1 aromatic carbocycles. The van der Waals surface area contributed by atoms with Crippen molar-refractivity contribution < 1.29 is 9.53 Å². The molecule has 0 bridgehead atoms. The fourth-order valence-electron chi connectivity index (χ4n) is 2.82. The molecule has 5 nitrogen and oxygen atoms in total. The summed E-state index contributed by atoms with van der Waals surface area (Å²) in [5.74, 6) is -0.310. The van der Waals surface area contributed by atoms with Crippen LogP contribution in [0, 0.1) is 0 Å². The van der Waals surface area contributed by atoms with Crippen molar-refractivity contribution in [2.75, 3.05) is 11.9 Å². The summed E-state index contributed by atoms with van der Waals surface area (Å²) in [5, 5.41) is 5.93. The maximum absolute atomic E-state index is 11.6. The van der Waals surface area contributed by atoms with E-state index in [1.165, 1.54) is 19.3 Å². The summed E-state index contributed by atoms with van der Waals surface area (Å²) >= 11 is 5.39. The molecule has 1 aromatic rings. The van der Waals surface area contributed by atoms with Crippen molar-refractivity contribution in [3.63, 3.8) is 0 Å². The largest absolute Gasteiger partial charge is 0.462 e. The molecule has 2 atom stereocenters. The summed E-state index contributed by atoms with van der Waals surface area (Å²) in [7, 11) is 0. The van der Waals surface area contributed by atoms with Crippen LogP contribution in [-0.2, 0) is 4.74 Å². The van der Waals surface area contributed by atoms with E-state index in [2.05, 4.69) is 29.6 Å². The van der Waals surface area contributed by atoms with Gasteiger partial charge in [0.2, 0.25) is 0 Å². The van der Waals surface area contributed by atoms with Crippen molar-refractivity contribution in [3.8, 4) is 0 Å². The minimum atomic E-state index is -0.310. The predicted octanol–water partition coefficient (Wildman–Crippen LogP) is 3.33. The highest BCUT2D eigenvalue weighted by Crippen LogP contribution is 2.20. The maximum atomic E-state index is 11.6. The Morgan fingerprint density at radius 3 is 2.43 bits per heavy atom. The summed E-state index contributed by atoms with van der Waals surface area (Å²) in [6.45, 7) is 6.58. The Morgan fingerprint density at radius 1 is 1.26 bits per heavy atom. The van der Waals surface area contributed by atoms with E-state index in [0.717, 1.165) is 5.69 Å². The summed E-state index contributed by atoms with van der Waals surface area (Å²) in [5.41, 5.74) is 4.66. The standard InChI is InChI=1S/C17H25N3O2S/c1-4-22-16(21)14-8-10-15(11-9-14)18-17(23)19-20-12(2)6-5-7-13(20)3/h8-13H,4-7H2,1-3H3,(H2,18,19,23). The monoisotopic (exact) mass is 335 g/mol. The van der Waals surface area contributed by atoms with Gasteiger partial charge in [-0.1, -0.05) is 6.42 Å². The minimum absolute atomic E-state index is 0.310. The topological polar surface area (TPSA) is 53.6 Å². The zero-order valence-corrected chi connectivity index (χ0v) is 14.8. The number of nitrogens with zero attached hydrogens (tertiary/aromatic N) is 1. The quantitative estimate of drug-likeness (QED) is 0.650. The molecule has 0 radical (unpaired) electrons. The van der Waals surface area contributed by atoms with E-state index < -0.39 is 0 Å². The van der Waals surface area contributed by atoms with E-state index in [4.69, 9.17) is 17.0 Å². The Balaban J connectivity index is 1.91. The lowest BCUT2D eigenvalue weighted by molar-refractivity contribution is 0.0526. The maximum Gasteiger partial charge on any atom is 0.338 e. The Labute approximate surface area is 143 Å². The van der Waals surface area contributed by atoms with Crippen LogP contribution in [-0.4, -0.2) is 34.8 Å². The number of hydrazine groups is 1. The third-order valence-corrected chi connectivity index (χ3v) is 4.27. The number of esters is 1. The second-order valence-electron chi connectivity index (χ2n) is 5.90. The van der Waals surface area contributed by atoms with Crippen LogP contribution in [0.5, 0.6) is 0 Å². The highest BCUT2D eigenvalue weighted by Gasteiger charge is 2.25. The van der Waals surface area contributed by atoms with Crippen LogP contribution in [0.3, 0.4) is 0 Å². The van der Waals surface area contributed by atoms with Gasteiger partial charge >= 0.3 is 5.97 Å². The van der Waals surface area contributed by atoms with Crippen LogP contribution in [0.25, 0.3) is 0 Å². The molecule has 0 amide bonds. The van der Waals surface area contributed by atoms with Gasteiger partial charge < -0.3 is 10.1 Å². The molecule has 1 heterocycles. The molecule has 0 saturated carbocycles. The molecule has 126 valence electrons. The number of carbonyl (C=O) groups is 1. The van der Waals surface area contributed by atoms with E-state index in [0.29, 0.717) is 29.4 Å². The first-order valence-electron chi connectivity index (χ1n) is 8.14. The predicted molar refractivity (Wildman–Crippen MR) is 96.4 cm³/mol. The summed E-state index contributed by atoms with van der Waals surface area (Å²) < 4.78 is 4.97. The van der Waals surface area contributed by atoms with Gasteiger partial charge in [-0.25, -0.2) is 9.80 Å². The van der Waals surface area contributed by atoms with Crippen molar-refractivity contribution in [2.24, 2.45) is 0 Å². The van der Waals surface area contributed by atoms with E-state index in [1.54, 1.807) is 19.1 Å². The number of benzene rings is 1. The van der Waals surface area contributed by atoms with Crippen molar-refractivity contribution >= 4 is 29.0 Å². The summed E-state index contributed by atoms with van der Waals surface area (Å²) in [6.07, 6.45) is 3.61. The molecule has 6 heteroatoms. The van der Waals surface area contributed by atoms with Gasteiger partial charge in [-0.3, -0.25) is 5.43 Å². The number of carbonyl (C=O) groups excluding carboxylic acids is 1. The third-order valence-electron chi connectivity index (χ3n) is 4.08. The van der Waals surface area contributed by atoms with Crippen LogP contribution in [0.2, 0.25) is 0 Å². The highest BCUT2D eigenvalue weighted by molar-refractivity contribution is 7.80. The second kappa shape index (κ2) is 8.26. The average Bonchev–Trinajstić information content (AvgIpc) is 2.52. The normalized spacial score (nSPS) is 21.5. The number of rotatable bonds is 4. The smallest absolute Gasteiger partial charge is 0.338 e. The van der Waals surface area contributed by atoms with Crippen LogP contribution < -0.4 is 10.7 Å². The molecule has 0 spiro atoms. The van der Waals surface area contributed by atoms with Gasteiger partial charge in [0, 0.05) is 17.8 Å². The first-order valence-corrected chi connectivity index (χ1v) is 8.55. The van der Waals surface area contributed by atoms with Crippen molar-refractivity contribution in [1.29, 1.82) is 0 Å². The lowest BCUT2D eigenvalue weighted by Gasteiger charge is -2.39. The zero-order chi connectivity index (χ0) is 16.8. The number of thiocarbonyl (C=S) groups is 1. The summed E-state index contributed by atoms with van der Waals surface area (Å²) in [6, 6.07) is 8.03. The fraction of sp³-hybridized carbons (Fsp3) is 0.529. The molecule has 1 saturated heterocycles. The molecule has 1 aliphatic heterocycles. The van der Waals surface area contributed by atoms with Crippen molar-refractivity contribution in [3.05, 3.63) is 29.8 Å². The average molecular weight is 335 g/mol. The van der Waals surface area contributed by atoms with Gasteiger partial charge in [-0.05, 0) is 70.1 Å². The number of nitrogens with one attached hydrogen (secondary N) is 2. The molecule has 2 unspecified atom stereocenters. The SMILES string of the molecule is CCOC(=O)c1ccc(NC(=S)NN2C(C)CCCC2C)cc1. The first kappa shape index (κ1) is 17.7. The van der Waals surface area contributed by atoms with Crippen LogP contribution in [0.1, 0.15) is 50.4 Å². The van der Waals surface area contributed by atoms with Gasteiger partial charge in [-0.2, -0.15) is 0 Å². The third kappa shape index (κ3) is 4.91. The lowest BCUT2D eigenvalue weighted by Crippen LogP contribution is -2.55. The van der Waals surface area contributed by atoms with Gasteiger partial charge in [-0.15, -0.1) is 0 Å². The Kier molecular flexibility index (Phi) is 6.36. The molecule has 0 aliphatic carbocycles. The number of piperidine rings is 1. The van der Waals surface area contributed by atoms with E-state index in [-0.39, 0.29) is 5.97 Å². The molecular formula is C17H25N3O2S. The number of ether oxygens (including phenoxy) is 1. The Bertz CT molecular complexity index is 537. The number of hydrogen-bond acceptors (Lipinski definition) is 4. The van der Waals surface area contributed by atoms with Crippen molar-refractivity contribution in [2.45, 2.75) is 52.1 Å². The molecule has 2 rings (SSSR count). The van der Waals surface area contributed by atoms with Gasteiger partial charge in [0.15, 0.2) is 5.11 Å². The van der Waals surface area contributed by atoms with Crippen molar-refractivity contribution in [1.82, 2.24) is 10.4 Å². The van der Waals surface area contributed by atoms with E-state index >= 15 is 0 Å². The highest BCUT2D eigenvalue weighted by atomic mass is 32.1. The zero-order valence-electron chi connectivity index (χ0n) is 14.0. The second-order valence-corrected chi connectivity index (χ2v) is 6.31. The number of anilines is 1. The number of hydrogen-bond donors (Lipinski definition) is 2. The minimum Gasteiger partial charge on any atom is -0.462 e. The first-order chi connectivity index (χ1) is 11.0. The summed E-state index contributed by atoms with van der Waals surface area (Å²) in [4.78, 5) is 11.6. The van der Waals surface area contributed by atoms with Crippen LogP contribution in [0.15, 0.2) is 24.3 Å². The Morgan fingerprint density at radius 2 is 1.87 bits per heavy atom. The van der Waals surface area contributed by atoms with Gasteiger partial charge in [0.1, 0.15) is 0 Å². The van der Waals surface area contributed by atoms with Gasteiger partial charge in [0.25, 0.3) is 0 Å². The molecule has 0 aromatic heterocycles. The molecular weight excluding hydrogens is 310 g/mol. The van der Waals surface area contributed by atoms with Crippen LogP contribution in [0.4, 0.5) is 5.69 Å². The molecule has 2 N–H and O–H groups in total. The van der Waals surface area contributed by atoms with E-state index in [1.807, 2.05) is 12.1 Å². The molecule has 23 heavy (non-hydrogen) atoms.